The van der Waals surface area contributed by atoms with Crippen LogP contribution in [0.2, 0.25) is 0 Å². The van der Waals surface area contributed by atoms with Crippen molar-refractivity contribution in [2.45, 2.75) is 45.7 Å². The van der Waals surface area contributed by atoms with Crippen LogP contribution >= 0.6 is 0 Å². The maximum atomic E-state index is 12.0. The van der Waals surface area contributed by atoms with Gasteiger partial charge in [0.1, 0.15) is 0 Å². The molecule has 1 aliphatic rings. The quantitative estimate of drug-likeness (QED) is 0.678. The Morgan fingerprint density at radius 3 is 2.37 bits per heavy atom. The first-order valence-corrected chi connectivity index (χ1v) is 9.59. The van der Waals surface area contributed by atoms with Crippen molar-refractivity contribution >= 4 is 17.8 Å². The number of likely N-dealkylation sites (tertiary alicyclic amines) is 1. The number of carbonyl (C=O) groups excluding carboxylic acids is 3. The molecule has 148 valence electrons. The van der Waals surface area contributed by atoms with E-state index < -0.39 is 0 Å². The van der Waals surface area contributed by atoms with E-state index in [1.807, 2.05) is 49.1 Å². The number of rotatable bonds is 7. The summed E-state index contributed by atoms with van der Waals surface area (Å²) >= 11 is 0. The van der Waals surface area contributed by atoms with Crippen LogP contribution < -0.4 is 16.0 Å². The lowest BCUT2D eigenvalue weighted by Gasteiger charge is -2.33. The van der Waals surface area contributed by atoms with Crippen molar-refractivity contribution < 1.29 is 14.4 Å². The Morgan fingerprint density at radius 2 is 1.74 bits per heavy atom. The second-order valence-electron chi connectivity index (χ2n) is 7.17. The molecule has 4 amide bonds. The van der Waals surface area contributed by atoms with E-state index in [2.05, 4.69) is 16.0 Å². The molecule has 0 atom stereocenters. The molecule has 7 nitrogen and oxygen atoms in total. The van der Waals surface area contributed by atoms with Crippen molar-refractivity contribution in [2.24, 2.45) is 5.92 Å². The van der Waals surface area contributed by atoms with Crippen molar-refractivity contribution in [3.63, 3.8) is 0 Å². The van der Waals surface area contributed by atoms with Gasteiger partial charge in [-0.25, -0.2) is 4.79 Å². The number of hydrogen-bond acceptors (Lipinski definition) is 3. The zero-order chi connectivity index (χ0) is 19.6. The molecule has 1 aromatic rings. The molecule has 0 aromatic heterocycles. The molecule has 1 aliphatic heterocycles. The fourth-order valence-electron chi connectivity index (χ4n) is 3.02. The first-order valence-electron chi connectivity index (χ1n) is 9.59. The normalized spacial score (nSPS) is 14.7. The van der Waals surface area contributed by atoms with Gasteiger partial charge in [-0.2, -0.15) is 0 Å². The van der Waals surface area contributed by atoms with Crippen molar-refractivity contribution in [1.29, 1.82) is 0 Å². The molecule has 2 rings (SSSR count). The fraction of sp³-hybridized carbons (Fsp3) is 0.550. The largest absolute Gasteiger partial charge is 0.352 e. The molecular formula is C20H30N4O3. The summed E-state index contributed by atoms with van der Waals surface area (Å²) in [6.07, 6.45) is 1.74. The number of urea groups is 1. The van der Waals surface area contributed by atoms with Crippen LogP contribution in [0.25, 0.3) is 0 Å². The van der Waals surface area contributed by atoms with Gasteiger partial charge in [0.2, 0.25) is 11.8 Å². The molecule has 0 spiro atoms. The highest BCUT2D eigenvalue weighted by molar-refractivity contribution is 5.79. The van der Waals surface area contributed by atoms with E-state index in [0.717, 1.165) is 18.4 Å². The minimum absolute atomic E-state index is 0.00541. The predicted octanol–water partition coefficient (Wildman–Crippen LogP) is 1.64. The van der Waals surface area contributed by atoms with Crippen LogP contribution in [-0.2, 0) is 16.1 Å². The number of hydrogen-bond donors (Lipinski definition) is 3. The van der Waals surface area contributed by atoms with E-state index in [9.17, 15) is 14.4 Å². The molecule has 0 radical (unpaired) electrons. The van der Waals surface area contributed by atoms with E-state index in [0.29, 0.717) is 19.6 Å². The molecule has 1 fully saturated rings. The molecule has 1 aromatic carbocycles. The third kappa shape index (κ3) is 7.29. The summed E-state index contributed by atoms with van der Waals surface area (Å²) < 4.78 is 0. The van der Waals surface area contributed by atoms with E-state index in [1.165, 1.54) is 0 Å². The van der Waals surface area contributed by atoms with E-state index in [4.69, 9.17) is 0 Å². The Morgan fingerprint density at radius 1 is 1.07 bits per heavy atom. The van der Waals surface area contributed by atoms with Gasteiger partial charge in [-0.1, -0.05) is 44.2 Å². The highest BCUT2D eigenvalue weighted by atomic mass is 16.2. The zero-order valence-corrected chi connectivity index (χ0v) is 16.2. The highest BCUT2D eigenvalue weighted by Gasteiger charge is 2.24. The summed E-state index contributed by atoms with van der Waals surface area (Å²) in [5.74, 6) is 0.0740. The first-order chi connectivity index (χ1) is 13.0. The van der Waals surface area contributed by atoms with E-state index >= 15 is 0 Å². The number of amides is 4. The molecule has 0 saturated carbocycles. The number of piperidine rings is 1. The minimum atomic E-state index is -0.264. The Hall–Kier alpha value is -2.57. The molecule has 0 unspecified atom stereocenters. The Labute approximate surface area is 160 Å². The number of benzene rings is 1. The molecule has 1 heterocycles. The van der Waals surface area contributed by atoms with Gasteiger partial charge in [0.05, 0.1) is 0 Å². The van der Waals surface area contributed by atoms with Gasteiger partial charge in [-0.05, 0) is 18.4 Å². The van der Waals surface area contributed by atoms with Gasteiger partial charge >= 0.3 is 6.03 Å². The maximum Gasteiger partial charge on any atom is 0.315 e. The Balaban J connectivity index is 1.57. The maximum absolute atomic E-state index is 12.0. The van der Waals surface area contributed by atoms with Crippen LogP contribution in [0.4, 0.5) is 4.79 Å². The monoisotopic (exact) mass is 374 g/mol. The summed E-state index contributed by atoms with van der Waals surface area (Å²) in [6.45, 7) is 5.91. The Kier molecular flexibility index (Phi) is 8.10. The van der Waals surface area contributed by atoms with Crippen LogP contribution in [-0.4, -0.2) is 48.4 Å². The average molecular weight is 374 g/mol. The highest BCUT2D eigenvalue weighted by Crippen LogP contribution is 2.13. The molecular weight excluding hydrogens is 344 g/mol. The number of nitrogens with zero attached hydrogens (tertiary/aromatic N) is 1. The van der Waals surface area contributed by atoms with Crippen molar-refractivity contribution in [2.75, 3.05) is 19.6 Å². The van der Waals surface area contributed by atoms with Gasteiger partial charge in [-0.3, -0.25) is 9.59 Å². The predicted molar refractivity (Wildman–Crippen MR) is 104 cm³/mol. The van der Waals surface area contributed by atoms with Crippen LogP contribution in [0.15, 0.2) is 30.3 Å². The minimum Gasteiger partial charge on any atom is -0.352 e. The fourth-order valence-corrected chi connectivity index (χ4v) is 3.02. The molecule has 1 saturated heterocycles. The van der Waals surface area contributed by atoms with Crippen molar-refractivity contribution in [1.82, 2.24) is 20.9 Å². The van der Waals surface area contributed by atoms with Crippen molar-refractivity contribution in [3.8, 4) is 0 Å². The number of carbonyl (C=O) groups is 3. The molecule has 27 heavy (non-hydrogen) atoms. The van der Waals surface area contributed by atoms with Crippen LogP contribution in [0.5, 0.6) is 0 Å². The summed E-state index contributed by atoms with van der Waals surface area (Å²) in [7, 11) is 0. The lowest BCUT2D eigenvalue weighted by atomic mass is 10.0. The topological polar surface area (TPSA) is 90.5 Å². The van der Waals surface area contributed by atoms with Gasteiger partial charge in [0.15, 0.2) is 0 Å². The molecule has 0 aliphatic carbocycles. The molecule has 3 N–H and O–H groups in total. The summed E-state index contributed by atoms with van der Waals surface area (Å²) in [6, 6.07) is 9.48. The smallest absolute Gasteiger partial charge is 0.315 e. The van der Waals surface area contributed by atoms with Crippen LogP contribution in [0, 0.1) is 5.92 Å². The zero-order valence-electron chi connectivity index (χ0n) is 16.2. The summed E-state index contributed by atoms with van der Waals surface area (Å²) in [5, 5.41) is 8.47. The third-order valence-electron chi connectivity index (χ3n) is 4.61. The summed E-state index contributed by atoms with van der Waals surface area (Å²) in [4.78, 5) is 37.6. The van der Waals surface area contributed by atoms with Crippen LogP contribution in [0.3, 0.4) is 0 Å². The lowest BCUT2D eigenvalue weighted by Crippen LogP contribution is -2.50. The van der Waals surface area contributed by atoms with Crippen LogP contribution in [0.1, 0.15) is 38.7 Å². The standard InChI is InChI=1S/C20H30N4O3/c1-15(2)19(26)24-12-9-17(10-13-24)23-20(27)21-11-8-18(25)22-14-16-6-4-3-5-7-16/h3-7,15,17H,8-14H2,1-2H3,(H,22,25)(H2,21,23,27). The van der Waals surface area contributed by atoms with E-state index in [1.54, 1.807) is 0 Å². The average Bonchev–Trinajstić information content (AvgIpc) is 2.67. The molecule has 7 heteroatoms. The first kappa shape index (κ1) is 20.7. The van der Waals surface area contributed by atoms with E-state index in [-0.39, 0.29) is 42.8 Å². The Bertz CT molecular complexity index is 625. The second kappa shape index (κ2) is 10.5. The lowest BCUT2D eigenvalue weighted by molar-refractivity contribution is -0.135. The third-order valence-corrected chi connectivity index (χ3v) is 4.61. The summed E-state index contributed by atoms with van der Waals surface area (Å²) in [5.41, 5.74) is 1.04. The number of nitrogens with one attached hydrogen (secondary N) is 3. The second-order valence-corrected chi connectivity index (χ2v) is 7.17. The van der Waals surface area contributed by atoms with Crippen molar-refractivity contribution in [3.05, 3.63) is 35.9 Å². The SMILES string of the molecule is CC(C)C(=O)N1CCC(NC(=O)NCCC(=O)NCc2ccccc2)CC1. The van der Waals surface area contributed by atoms with Gasteiger partial charge in [-0.15, -0.1) is 0 Å². The van der Waals surface area contributed by atoms with Gasteiger partial charge in [0.25, 0.3) is 0 Å². The van der Waals surface area contributed by atoms with Gasteiger partial charge in [0, 0.05) is 44.6 Å². The molecule has 0 bridgehead atoms. The van der Waals surface area contributed by atoms with Gasteiger partial charge < -0.3 is 20.9 Å².